The minimum atomic E-state index is -0.573. The molecule has 116 valence electrons. The number of nitrogens with two attached hydrogens (primary N) is 1. The lowest BCUT2D eigenvalue weighted by Crippen LogP contribution is -2.44. The summed E-state index contributed by atoms with van der Waals surface area (Å²) in [6.07, 6.45) is 0. The first-order chi connectivity index (χ1) is 9.74. The average molecular weight is 296 g/mol. The molecule has 1 rings (SSSR count). The summed E-state index contributed by atoms with van der Waals surface area (Å²) in [7, 11) is 0. The minimum absolute atomic E-state index is 0.0240. The molecule has 0 spiro atoms. The largest absolute Gasteiger partial charge is 0.409 e. The Balaban J connectivity index is 2.63. The second kappa shape index (κ2) is 7.03. The van der Waals surface area contributed by atoms with Crippen LogP contribution in [0, 0.1) is 5.82 Å². The van der Waals surface area contributed by atoms with Gasteiger partial charge in [-0.15, -0.1) is 0 Å². The van der Waals surface area contributed by atoms with Crippen LogP contribution in [-0.2, 0) is 11.3 Å². The fraction of sp³-hybridized carbons (Fsp3) is 0.429. The second-order valence-corrected chi connectivity index (χ2v) is 5.67. The number of nitrogens with zero attached hydrogens (tertiary/aromatic N) is 1. The molecular weight excluding hydrogens is 275 g/mol. The highest BCUT2D eigenvalue weighted by atomic mass is 19.1. The molecule has 6 nitrogen and oxygen atoms in total. The van der Waals surface area contributed by atoms with Gasteiger partial charge in [0.15, 0.2) is 5.84 Å². The predicted molar refractivity (Wildman–Crippen MR) is 78.5 cm³/mol. The number of oxime groups is 1. The van der Waals surface area contributed by atoms with Gasteiger partial charge in [-0.3, -0.25) is 4.79 Å². The zero-order valence-corrected chi connectivity index (χ0v) is 12.4. The Kier molecular flexibility index (Phi) is 5.66. The second-order valence-electron chi connectivity index (χ2n) is 5.67. The van der Waals surface area contributed by atoms with Gasteiger partial charge in [0, 0.05) is 17.6 Å². The van der Waals surface area contributed by atoms with Gasteiger partial charge >= 0.3 is 0 Å². The van der Waals surface area contributed by atoms with E-state index >= 15 is 0 Å². The fourth-order valence-corrected chi connectivity index (χ4v) is 1.74. The molecule has 0 aliphatic carbocycles. The third-order valence-corrected chi connectivity index (χ3v) is 2.58. The lowest BCUT2D eigenvalue weighted by Gasteiger charge is -2.20. The Morgan fingerprint density at radius 3 is 2.67 bits per heavy atom. The molecule has 1 aromatic carbocycles. The van der Waals surface area contributed by atoms with E-state index in [-0.39, 0.29) is 35.9 Å². The summed E-state index contributed by atoms with van der Waals surface area (Å²) >= 11 is 0. The van der Waals surface area contributed by atoms with Crippen molar-refractivity contribution in [3.05, 3.63) is 35.1 Å². The van der Waals surface area contributed by atoms with Crippen molar-refractivity contribution < 1.29 is 14.4 Å². The molecule has 0 fully saturated rings. The number of carbonyl (C=O) groups is 1. The Bertz CT molecular complexity index is 538. The summed E-state index contributed by atoms with van der Waals surface area (Å²) in [5, 5.41) is 17.0. The number of nitrogens with one attached hydrogen (secondary N) is 2. The van der Waals surface area contributed by atoms with Crippen LogP contribution in [0.5, 0.6) is 0 Å². The molecule has 1 amide bonds. The molecule has 0 heterocycles. The summed E-state index contributed by atoms with van der Waals surface area (Å²) < 4.78 is 14.1. The number of hydrogen-bond donors (Lipinski definition) is 4. The number of benzene rings is 1. The summed E-state index contributed by atoms with van der Waals surface area (Å²) in [4.78, 5) is 11.6. The number of amides is 1. The molecular formula is C14H21FN4O2. The van der Waals surface area contributed by atoms with Crippen LogP contribution in [0.15, 0.2) is 23.4 Å². The zero-order valence-electron chi connectivity index (χ0n) is 12.4. The van der Waals surface area contributed by atoms with Gasteiger partial charge in [-0.05, 0) is 26.8 Å². The molecule has 0 saturated carbocycles. The lowest BCUT2D eigenvalue weighted by atomic mass is 10.1. The van der Waals surface area contributed by atoms with Crippen molar-refractivity contribution in [3.63, 3.8) is 0 Å². The minimum Gasteiger partial charge on any atom is -0.409 e. The van der Waals surface area contributed by atoms with Gasteiger partial charge in [-0.2, -0.15) is 0 Å². The van der Waals surface area contributed by atoms with E-state index in [2.05, 4.69) is 15.8 Å². The third-order valence-electron chi connectivity index (χ3n) is 2.58. The van der Waals surface area contributed by atoms with E-state index in [0.29, 0.717) is 5.56 Å². The van der Waals surface area contributed by atoms with Gasteiger partial charge in [0.05, 0.1) is 12.1 Å². The van der Waals surface area contributed by atoms with Crippen LogP contribution in [0.25, 0.3) is 0 Å². The maximum atomic E-state index is 14.1. The molecule has 0 aromatic heterocycles. The number of rotatable bonds is 5. The smallest absolute Gasteiger partial charge is 0.234 e. The van der Waals surface area contributed by atoms with Crippen molar-refractivity contribution in [2.24, 2.45) is 10.9 Å². The van der Waals surface area contributed by atoms with Gasteiger partial charge in [-0.25, -0.2) is 4.39 Å². The first-order valence-electron chi connectivity index (χ1n) is 6.51. The van der Waals surface area contributed by atoms with Crippen LogP contribution >= 0.6 is 0 Å². The summed E-state index contributed by atoms with van der Waals surface area (Å²) in [6, 6.07) is 4.58. The van der Waals surface area contributed by atoms with Crippen LogP contribution < -0.4 is 16.4 Å². The SMILES string of the molecule is CC(C)(C)NC(=O)CNCc1cccc(/C(N)=N/O)c1F. The molecule has 0 atom stereocenters. The van der Waals surface area contributed by atoms with Gasteiger partial charge in [0.25, 0.3) is 0 Å². The van der Waals surface area contributed by atoms with Crippen LogP contribution in [0.1, 0.15) is 31.9 Å². The van der Waals surface area contributed by atoms with Gasteiger partial charge in [0.1, 0.15) is 5.82 Å². The normalized spacial score (nSPS) is 12.3. The summed E-state index contributed by atoms with van der Waals surface area (Å²) in [5.74, 6) is -1.04. The lowest BCUT2D eigenvalue weighted by molar-refractivity contribution is -0.121. The van der Waals surface area contributed by atoms with Crippen molar-refractivity contribution in [3.8, 4) is 0 Å². The van der Waals surface area contributed by atoms with Crippen molar-refractivity contribution in [1.82, 2.24) is 10.6 Å². The first kappa shape index (κ1) is 16.9. The van der Waals surface area contributed by atoms with Gasteiger partial charge < -0.3 is 21.6 Å². The monoisotopic (exact) mass is 296 g/mol. The topological polar surface area (TPSA) is 99.7 Å². The Morgan fingerprint density at radius 2 is 2.10 bits per heavy atom. The maximum absolute atomic E-state index is 14.1. The van der Waals surface area contributed by atoms with E-state index < -0.39 is 5.82 Å². The molecule has 21 heavy (non-hydrogen) atoms. The fourth-order valence-electron chi connectivity index (χ4n) is 1.74. The van der Waals surface area contributed by atoms with Gasteiger partial charge in [-0.1, -0.05) is 17.3 Å². The van der Waals surface area contributed by atoms with Crippen molar-refractivity contribution in [1.29, 1.82) is 0 Å². The highest BCUT2D eigenvalue weighted by Crippen LogP contribution is 2.12. The van der Waals surface area contributed by atoms with Crippen LogP contribution in [0.2, 0.25) is 0 Å². The van der Waals surface area contributed by atoms with Crippen LogP contribution in [0.4, 0.5) is 4.39 Å². The molecule has 0 saturated heterocycles. The van der Waals surface area contributed by atoms with E-state index in [0.717, 1.165) is 0 Å². The maximum Gasteiger partial charge on any atom is 0.234 e. The molecule has 0 aliphatic rings. The summed E-state index contributed by atoms with van der Waals surface area (Å²) in [5.41, 5.74) is 5.44. The number of amidine groups is 1. The highest BCUT2D eigenvalue weighted by molar-refractivity contribution is 5.97. The molecule has 0 bridgehead atoms. The molecule has 7 heteroatoms. The van der Waals surface area contributed by atoms with Crippen molar-refractivity contribution >= 4 is 11.7 Å². The van der Waals surface area contributed by atoms with E-state index in [1.165, 1.54) is 6.07 Å². The number of carbonyl (C=O) groups excluding carboxylic acids is 1. The Hall–Kier alpha value is -2.15. The number of hydrogen-bond acceptors (Lipinski definition) is 4. The zero-order chi connectivity index (χ0) is 16.0. The highest BCUT2D eigenvalue weighted by Gasteiger charge is 2.14. The van der Waals surface area contributed by atoms with Crippen molar-refractivity contribution in [2.75, 3.05) is 6.54 Å². The molecule has 0 radical (unpaired) electrons. The predicted octanol–water partition coefficient (Wildman–Crippen LogP) is 0.924. The van der Waals surface area contributed by atoms with E-state index in [4.69, 9.17) is 10.9 Å². The molecule has 5 N–H and O–H groups in total. The quantitative estimate of drug-likeness (QED) is 0.281. The third kappa shape index (κ3) is 5.39. The first-order valence-corrected chi connectivity index (χ1v) is 6.51. The molecule has 0 unspecified atom stereocenters. The molecule has 1 aromatic rings. The average Bonchev–Trinajstić information content (AvgIpc) is 2.38. The van der Waals surface area contributed by atoms with Crippen LogP contribution in [0.3, 0.4) is 0 Å². The van der Waals surface area contributed by atoms with E-state index in [9.17, 15) is 9.18 Å². The standard InChI is InChI=1S/C14H21FN4O2/c1-14(2,3)18-11(20)8-17-7-9-5-4-6-10(12(9)15)13(16)19-21/h4-6,17,21H,7-8H2,1-3H3,(H2,16,19)(H,18,20). The Labute approximate surface area is 123 Å². The van der Waals surface area contributed by atoms with Crippen molar-refractivity contribution in [2.45, 2.75) is 32.9 Å². The summed E-state index contributed by atoms with van der Waals surface area (Å²) in [6.45, 7) is 5.88. The number of halogens is 1. The van der Waals surface area contributed by atoms with E-state index in [1.54, 1.807) is 12.1 Å². The Morgan fingerprint density at radius 1 is 1.43 bits per heavy atom. The van der Waals surface area contributed by atoms with Crippen LogP contribution in [-0.4, -0.2) is 29.0 Å². The van der Waals surface area contributed by atoms with E-state index in [1.807, 2.05) is 20.8 Å². The molecule has 0 aliphatic heterocycles. The van der Waals surface area contributed by atoms with Gasteiger partial charge in [0.2, 0.25) is 5.91 Å².